The van der Waals surface area contributed by atoms with Crippen LogP contribution >= 0.6 is 0 Å². The Bertz CT molecular complexity index is 359. The van der Waals surface area contributed by atoms with Crippen molar-refractivity contribution in [1.29, 1.82) is 0 Å². The Morgan fingerprint density at radius 2 is 2.24 bits per heavy atom. The summed E-state index contributed by atoms with van der Waals surface area (Å²) in [6.45, 7) is 0. The molecule has 17 heavy (non-hydrogen) atoms. The van der Waals surface area contributed by atoms with E-state index in [1.54, 1.807) is 19.4 Å². The highest BCUT2D eigenvalue weighted by Gasteiger charge is 2.23. The molecule has 0 aromatic carbocycles. The van der Waals surface area contributed by atoms with Gasteiger partial charge in [0.2, 0.25) is 0 Å². The number of nitrogens with one attached hydrogen (secondary N) is 1. The van der Waals surface area contributed by atoms with E-state index in [1.807, 2.05) is 6.07 Å². The van der Waals surface area contributed by atoms with Gasteiger partial charge in [0.1, 0.15) is 17.7 Å². The van der Waals surface area contributed by atoms with E-state index in [0.717, 1.165) is 31.4 Å². The number of anilines is 1. The van der Waals surface area contributed by atoms with Crippen LogP contribution in [0.4, 0.5) is 5.82 Å². The molecule has 0 spiro atoms. The Hall–Kier alpha value is -1.33. The molecule has 1 aliphatic carbocycles. The van der Waals surface area contributed by atoms with Gasteiger partial charge in [0, 0.05) is 25.8 Å². The average Bonchev–Trinajstić information content (AvgIpc) is 2.39. The van der Waals surface area contributed by atoms with Gasteiger partial charge in [-0.15, -0.1) is 0 Å². The molecule has 2 atom stereocenters. The monoisotopic (exact) mass is 237 g/mol. The van der Waals surface area contributed by atoms with Crippen molar-refractivity contribution in [3.63, 3.8) is 0 Å². The Labute approximate surface area is 101 Å². The van der Waals surface area contributed by atoms with E-state index in [1.165, 1.54) is 0 Å². The molecule has 0 aliphatic heterocycles. The summed E-state index contributed by atoms with van der Waals surface area (Å²) in [6, 6.07) is 3.65. The lowest BCUT2D eigenvalue weighted by Gasteiger charge is -2.28. The number of hydrogen-bond donors (Lipinski definition) is 2. The number of rotatable bonds is 4. The average molecular weight is 237 g/mol. The summed E-state index contributed by atoms with van der Waals surface area (Å²) in [5.74, 6) is 6.72. The molecule has 1 aliphatic rings. The van der Waals surface area contributed by atoms with Crippen LogP contribution in [0.2, 0.25) is 0 Å². The van der Waals surface area contributed by atoms with Gasteiger partial charge in [-0.25, -0.2) is 10.8 Å². The van der Waals surface area contributed by atoms with E-state index < -0.39 is 0 Å². The van der Waals surface area contributed by atoms with Crippen LogP contribution in [0.1, 0.15) is 25.7 Å². The van der Waals surface area contributed by atoms with Crippen LogP contribution in [0, 0.1) is 0 Å². The van der Waals surface area contributed by atoms with Crippen LogP contribution in [0.5, 0.6) is 5.75 Å². The number of nitrogen functional groups attached to an aromatic ring is 1. The van der Waals surface area contributed by atoms with Gasteiger partial charge < -0.3 is 14.9 Å². The van der Waals surface area contributed by atoms with Gasteiger partial charge in [-0.3, -0.25) is 0 Å². The van der Waals surface area contributed by atoms with Crippen LogP contribution in [0.3, 0.4) is 0 Å². The van der Waals surface area contributed by atoms with Crippen LogP contribution in [0.25, 0.3) is 0 Å². The lowest BCUT2D eigenvalue weighted by atomic mass is 9.95. The number of nitrogens with two attached hydrogens (primary N) is 1. The molecule has 2 rings (SSSR count). The molecule has 3 N–H and O–H groups in total. The first-order chi connectivity index (χ1) is 8.31. The standard InChI is InChI=1S/C12H19N3O2/c1-16-9-3-2-4-10(7-9)17-11-5-6-14-12(8-11)15-13/h5-6,8-10H,2-4,7,13H2,1H3,(H,14,15). The summed E-state index contributed by atoms with van der Waals surface area (Å²) in [5.41, 5.74) is 2.51. The van der Waals surface area contributed by atoms with Gasteiger partial charge in [-0.2, -0.15) is 0 Å². The van der Waals surface area contributed by atoms with Crippen molar-refractivity contribution >= 4 is 5.82 Å². The fourth-order valence-electron chi connectivity index (χ4n) is 2.18. The number of nitrogens with zero attached hydrogens (tertiary/aromatic N) is 1. The molecule has 5 heteroatoms. The molecule has 1 aromatic rings. The van der Waals surface area contributed by atoms with Crippen LogP contribution in [-0.2, 0) is 4.74 Å². The molecular weight excluding hydrogens is 218 g/mol. The minimum atomic E-state index is 0.224. The van der Waals surface area contributed by atoms with Crippen molar-refractivity contribution in [3.05, 3.63) is 18.3 Å². The van der Waals surface area contributed by atoms with Gasteiger partial charge in [-0.05, 0) is 25.3 Å². The summed E-state index contributed by atoms with van der Waals surface area (Å²) in [7, 11) is 1.76. The van der Waals surface area contributed by atoms with Crippen molar-refractivity contribution in [1.82, 2.24) is 4.98 Å². The van der Waals surface area contributed by atoms with E-state index in [9.17, 15) is 0 Å². The zero-order valence-corrected chi connectivity index (χ0v) is 10.1. The van der Waals surface area contributed by atoms with E-state index in [4.69, 9.17) is 15.3 Å². The first-order valence-electron chi connectivity index (χ1n) is 5.94. The Kier molecular flexibility index (Phi) is 4.17. The second-order valence-electron chi connectivity index (χ2n) is 4.29. The summed E-state index contributed by atoms with van der Waals surface area (Å²) < 4.78 is 11.3. The third kappa shape index (κ3) is 3.31. The minimum Gasteiger partial charge on any atom is -0.490 e. The number of hydrogen-bond acceptors (Lipinski definition) is 5. The van der Waals surface area contributed by atoms with E-state index in [-0.39, 0.29) is 6.10 Å². The van der Waals surface area contributed by atoms with Crippen molar-refractivity contribution in [2.24, 2.45) is 5.84 Å². The third-order valence-electron chi connectivity index (χ3n) is 3.09. The molecular formula is C12H19N3O2. The van der Waals surface area contributed by atoms with E-state index in [2.05, 4.69) is 10.4 Å². The van der Waals surface area contributed by atoms with Crippen molar-refractivity contribution in [3.8, 4) is 5.75 Å². The Balaban J connectivity index is 1.95. The molecule has 1 fully saturated rings. The second kappa shape index (κ2) is 5.84. The zero-order chi connectivity index (χ0) is 12.1. The molecule has 1 aromatic heterocycles. The molecule has 94 valence electrons. The summed E-state index contributed by atoms with van der Waals surface area (Å²) in [5, 5.41) is 0. The number of hydrazine groups is 1. The fraction of sp³-hybridized carbons (Fsp3) is 0.583. The smallest absolute Gasteiger partial charge is 0.143 e. The van der Waals surface area contributed by atoms with Crippen molar-refractivity contribution in [2.75, 3.05) is 12.5 Å². The molecule has 0 saturated heterocycles. The van der Waals surface area contributed by atoms with Crippen molar-refractivity contribution < 1.29 is 9.47 Å². The first-order valence-corrected chi connectivity index (χ1v) is 5.94. The third-order valence-corrected chi connectivity index (χ3v) is 3.09. The molecule has 0 amide bonds. The first kappa shape index (κ1) is 12.1. The highest BCUT2D eigenvalue weighted by atomic mass is 16.5. The predicted octanol–water partition coefficient (Wildman–Crippen LogP) is 1.70. The SMILES string of the molecule is COC1CCCC(Oc2ccnc(NN)c2)C1. The molecule has 0 radical (unpaired) electrons. The Morgan fingerprint density at radius 3 is 3.00 bits per heavy atom. The lowest BCUT2D eigenvalue weighted by Crippen LogP contribution is -2.29. The maximum Gasteiger partial charge on any atom is 0.143 e. The predicted molar refractivity (Wildman–Crippen MR) is 65.7 cm³/mol. The summed E-state index contributed by atoms with van der Waals surface area (Å²) in [4.78, 5) is 4.04. The van der Waals surface area contributed by atoms with Crippen LogP contribution in [-0.4, -0.2) is 24.3 Å². The highest BCUT2D eigenvalue weighted by molar-refractivity contribution is 5.39. The number of ether oxygens (including phenoxy) is 2. The molecule has 5 nitrogen and oxygen atoms in total. The van der Waals surface area contributed by atoms with Gasteiger partial charge >= 0.3 is 0 Å². The van der Waals surface area contributed by atoms with Crippen LogP contribution in [0.15, 0.2) is 18.3 Å². The quantitative estimate of drug-likeness (QED) is 0.616. The normalized spacial score (nSPS) is 24.4. The fourth-order valence-corrected chi connectivity index (χ4v) is 2.18. The van der Waals surface area contributed by atoms with E-state index >= 15 is 0 Å². The van der Waals surface area contributed by atoms with E-state index in [0.29, 0.717) is 11.9 Å². The molecule has 1 saturated carbocycles. The second-order valence-corrected chi connectivity index (χ2v) is 4.29. The largest absolute Gasteiger partial charge is 0.490 e. The molecule has 0 bridgehead atoms. The van der Waals surface area contributed by atoms with Gasteiger partial charge in [-0.1, -0.05) is 0 Å². The highest BCUT2D eigenvalue weighted by Crippen LogP contribution is 2.25. The topological polar surface area (TPSA) is 69.4 Å². The summed E-state index contributed by atoms with van der Waals surface area (Å²) in [6.07, 6.45) is 6.53. The molecule has 2 unspecified atom stereocenters. The maximum atomic E-state index is 5.91. The number of methoxy groups -OCH3 is 1. The van der Waals surface area contributed by atoms with Gasteiger partial charge in [0.05, 0.1) is 6.10 Å². The van der Waals surface area contributed by atoms with Crippen molar-refractivity contribution in [2.45, 2.75) is 37.9 Å². The Morgan fingerprint density at radius 1 is 1.41 bits per heavy atom. The maximum absolute atomic E-state index is 5.91. The van der Waals surface area contributed by atoms with Gasteiger partial charge in [0.25, 0.3) is 0 Å². The lowest BCUT2D eigenvalue weighted by molar-refractivity contribution is 0.0210. The van der Waals surface area contributed by atoms with Gasteiger partial charge in [0.15, 0.2) is 0 Å². The van der Waals surface area contributed by atoms with Crippen LogP contribution < -0.4 is 16.0 Å². The zero-order valence-electron chi connectivity index (χ0n) is 10.1. The minimum absolute atomic E-state index is 0.224. The number of aromatic nitrogens is 1. The summed E-state index contributed by atoms with van der Waals surface area (Å²) >= 11 is 0. The number of pyridine rings is 1. The molecule has 1 heterocycles.